The van der Waals surface area contributed by atoms with E-state index >= 15 is 0 Å². The monoisotopic (exact) mass is 511 g/mol. The second-order valence-corrected chi connectivity index (χ2v) is 11.0. The lowest BCUT2D eigenvalue weighted by Gasteiger charge is -2.09. The maximum atomic E-state index is 12.6. The maximum Gasteiger partial charge on any atom is 0.331 e. The molecule has 0 unspecified atom stereocenters. The van der Waals surface area contributed by atoms with Crippen LogP contribution >= 0.6 is 11.6 Å². The molecule has 0 spiro atoms. The van der Waals surface area contributed by atoms with Gasteiger partial charge in [-0.2, -0.15) is 5.10 Å². The molecule has 11 heteroatoms. The van der Waals surface area contributed by atoms with Crippen LogP contribution in [0.4, 0.5) is 0 Å². The molecule has 0 aromatic carbocycles. The van der Waals surface area contributed by atoms with E-state index in [-0.39, 0.29) is 35.1 Å². The first-order valence-electron chi connectivity index (χ1n) is 11.0. The van der Waals surface area contributed by atoms with Crippen molar-refractivity contribution in [3.05, 3.63) is 45.5 Å². The number of methoxy groups -OCH3 is 1. The SMILES string of the molecule is COCCCn1c(C)cc(C(=O)COC(=O)/C=C/c2c(C)nn([C@H]3CCS(=O)(=O)C3)c2Cl)c1C. The zero-order valence-corrected chi connectivity index (χ0v) is 21.4. The molecule has 1 fully saturated rings. The second kappa shape index (κ2) is 10.9. The highest BCUT2D eigenvalue weighted by atomic mass is 35.5. The molecule has 2 aromatic heterocycles. The van der Waals surface area contributed by atoms with Gasteiger partial charge in [0, 0.05) is 48.9 Å². The van der Waals surface area contributed by atoms with Gasteiger partial charge < -0.3 is 14.0 Å². The molecule has 0 aliphatic carbocycles. The van der Waals surface area contributed by atoms with Crippen LogP contribution in [0.3, 0.4) is 0 Å². The van der Waals surface area contributed by atoms with Crippen LogP contribution in [0, 0.1) is 20.8 Å². The maximum absolute atomic E-state index is 12.6. The first-order valence-corrected chi connectivity index (χ1v) is 13.2. The van der Waals surface area contributed by atoms with Gasteiger partial charge in [-0.05, 0) is 45.8 Å². The Kier molecular flexibility index (Phi) is 8.38. The summed E-state index contributed by atoms with van der Waals surface area (Å²) >= 11 is 6.41. The fraction of sp³-hybridized carbons (Fsp3) is 0.522. The van der Waals surface area contributed by atoms with Crippen molar-refractivity contribution >= 4 is 39.3 Å². The summed E-state index contributed by atoms with van der Waals surface area (Å²) in [6.07, 6.45) is 3.94. The van der Waals surface area contributed by atoms with Gasteiger partial charge in [0.1, 0.15) is 5.15 Å². The Balaban J connectivity index is 1.61. The standard InChI is InChI=1S/C23H30ClN3O6S/c1-15-12-20(17(3)26(15)9-5-10-32-4)21(28)13-33-22(29)7-6-19-16(2)25-27(23(19)24)18-8-11-34(30,31)14-18/h6-7,12,18H,5,8-11,13-14H2,1-4H3/b7-6+/t18-/m0/s1. The van der Waals surface area contributed by atoms with Crippen molar-refractivity contribution in [1.82, 2.24) is 14.3 Å². The molecule has 9 nitrogen and oxygen atoms in total. The second-order valence-electron chi connectivity index (χ2n) is 8.44. The molecule has 1 aliphatic rings. The highest BCUT2D eigenvalue weighted by molar-refractivity contribution is 7.91. The van der Waals surface area contributed by atoms with E-state index in [0.29, 0.717) is 29.8 Å². The number of esters is 1. The Hall–Kier alpha value is -2.43. The van der Waals surface area contributed by atoms with E-state index in [4.69, 9.17) is 21.1 Å². The van der Waals surface area contributed by atoms with Crippen LogP contribution in [0.2, 0.25) is 5.15 Å². The van der Waals surface area contributed by atoms with Crippen LogP contribution in [-0.2, 0) is 30.7 Å². The molecule has 186 valence electrons. The molecule has 1 saturated heterocycles. The van der Waals surface area contributed by atoms with Gasteiger partial charge in [-0.1, -0.05) is 11.6 Å². The molecule has 2 aromatic rings. The lowest BCUT2D eigenvalue weighted by Crippen LogP contribution is -2.14. The van der Waals surface area contributed by atoms with Gasteiger partial charge in [-0.15, -0.1) is 0 Å². The number of ketones is 1. The number of rotatable bonds is 10. The number of carbonyl (C=O) groups is 2. The largest absolute Gasteiger partial charge is 0.454 e. The quantitative estimate of drug-likeness (QED) is 0.208. The number of halogens is 1. The number of sulfone groups is 1. The molecule has 1 atom stereocenters. The molecule has 0 N–H and O–H groups in total. The number of ether oxygens (including phenoxy) is 2. The van der Waals surface area contributed by atoms with Crippen molar-refractivity contribution < 1.29 is 27.5 Å². The Labute approximate surface area is 204 Å². The minimum absolute atomic E-state index is 0.00581. The van der Waals surface area contributed by atoms with E-state index < -0.39 is 15.8 Å². The van der Waals surface area contributed by atoms with Crippen LogP contribution < -0.4 is 0 Å². The summed E-state index contributed by atoms with van der Waals surface area (Å²) in [4.78, 5) is 24.9. The predicted molar refractivity (Wildman–Crippen MR) is 129 cm³/mol. The summed E-state index contributed by atoms with van der Waals surface area (Å²) < 4.78 is 37.3. The highest BCUT2D eigenvalue weighted by Gasteiger charge is 2.31. The lowest BCUT2D eigenvalue weighted by molar-refractivity contribution is -0.136. The summed E-state index contributed by atoms with van der Waals surface area (Å²) in [5.74, 6) is -0.867. The molecular formula is C23H30ClN3O6S. The zero-order valence-electron chi connectivity index (χ0n) is 19.8. The number of hydrogen-bond acceptors (Lipinski definition) is 7. The van der Waals surface area contributed by atoms with Crippen molar-refractivity contribution in [2.45, 2.75) is 46.2 Å². The molecular weight excluding hydrogens is 482 g/mol. The Bertz CT molecular complexity index is 1210. The van der Waals surface area contributed by atoms with E-state index in [1.165, 1.54) is 16.8 Å². The van der Waals surface area contributed by atoms with Gasteiger partial charge in [-0.3, -0.25) is 4.79 Å². The van der Waals surface area contributed by atoms with E-state index in [9.17, 15) is 18.0 Å². The van der Waals surface area contributed by atoms with Crippen LogP contribution in [0.25, 0.3) is 6.08 Å². The van der Waals surface area contributed by atoms with Gasteiger partial charge in [0.25, 0.3) is 0 Å². The van der Waals surface area contributed by atoms with Crippen molar-refractivity contribution in [3.63, 3.8) is 0 Å². The van der Waals surface area contributed by atoms with Crippen LogP contribution in [0.1, 0.15) is 51.9 Å². The molecule has 3 heterocycles. The number of nitrogens with zero attached hydrogens (tertiary/aromatic N) is 3. The Morgan fingerprint density at radius 3 is 2.68 bits per heavy atom. The molecule has 3 rings (SSSR count). The fourth-order valence-corrected chi connectivity index (χ4v) is 6.21. The third-order valence-electron chi connectivity index (χ3n) is 5.96. The Morgan fingerprint density at radius 1 is 1.29 bits per heavy atom. The minimum Gasteiger partial charge on any atom is -0.454 e. The third-order valence-corrected chi connectivity index (χ3v) is 8.09. The number of aromatic nitrogens is 3. The zero-order chi connectivity index (χ0) is 25.0. The predicted octanol–water partition coefficient (Wildman–Crippen LogP) is 3.10. The average Bonchev–Trinajstić information content (AvgIpc) is 3.38. The van der Waals surface area contributed by atoms with Crippen molar-refractivity contribution in [3.8, 4) is 0 Å². The fourth-order valence-electron chi connectivity index (χ4n) is 4.14. The molecule has 0 radical (unpaired) electrons. The van der Waals surface area contributed by atoms with Crippen molar-refractivity contribution in [2.75, 3.05) is 31.8 Å². The summed E-state index contributed by atoms with van der Waals surface area (Å²) in [6.45, 7) is 6.51. The number of aryl methyl sites for hydroxylation is 2. The average molecular weight is 512 g/mol. The molecule has 0 amide bonds. The van der Waals surface area contributed by atoms with Crippen LogP contribution in [0.15, 0.2) is 12.1 Å². The smallest absolute Gasteiger partial charge is 0.331 e. The Morgan fingerprint density at radius 2 is 2.03 bits per heavy atom. The molecule has 0 saturated carbocycles. The lowest BCUT2D eigenvalue weighted by atomic mass is 10.1. The van der Waals surface area contributed by atoms with Gasteiger partial charge in [0.05, 0.1) is 23.2 Å². The van der Waals surface area contributed by atoms with E-state index in [1.54, 1.807) is 20.1 Å². The first kappa shape index (κ1) is 26.2. The number of Topliss-reactive ketones (excluding diaryl/α,β-unsaturated/α-hetero) is 1. The summed E-state index contributed by atoms with van der Waals surface area (Å²) in [5, 5.41) is 4.61. The van der Waals surface area contributed by atoms with E-state index in [2.05, 4.69) is 5.10 Å². The summed E-state index contributed by atoms with van der Waals surface area (Å²) in [6, 6.07) is 1.48. The summed E-state index contributed by atoms with van der Waals surface area (Å²) in [7, 11) is -1.44. The van der Waals surface area contributed by atoms with Crippen LogP contribution in [-0.4, -0.2) is 66.3 Å². The number of carbonyl (C=O) groups excluding carboxylic acids is 2. The van der Waals surface area contributed by atoms with Crippen LogP contribution in [0.5, 0.6) is 0 Å². The van der Waals surface area contributed by atoms with Gasteiger partial charge in [0.2, 0.25) is 5.78 Å². The summed E-state index contributed by atoms with van der Waals surface area (Å²) in [5.41, 5.74) is 3.39. The van der Waals surface area contributed by atoms with Gasteiger partial charge in [-0.25, -0.2) is 17.9 Å². The molecule has 34 heavy (non-hydrogen) atoms. The highest BCUT2D eigenvalue weighted by Crippen LogP contribution is 2.30. The molecule has 0 bridgehead atoms. The van der Waals surface area contributed by atoms with Gasteiger partial charge in [0.15, 0.2) is 16.4 Å². The minimum atomic E-state index is -3.09. The normalized spacial score (nSPS) is 17.5. The third kappa shape index (κ3) is 5.97. The number of hydrogen-bond donors (Lipinski definition) is 0. The van der Waals surface area contributed by atoms with Crippen molar-refractivity contribution in [1.29, 1.82) is 0 Å². The van der Waals surface area contributed by atoms with E-state index in [1.807, 2.05) is 18.4 Å². The first-order chi connectivity index (χ1) is 16.0. The molecule has 1 aliphatic heterocycles. The van der Waals surface area contributed by atoms with E-state index in [0.717, 1.165) is 24.4 Å². The van der Waals surface area contributed by atoms with Gasteiger partial charge >= 0.3 is 5.97 Å². The topological polar surface area (TPSA) is 109 Å². The van der Waals surface area contributed by atoms with Crippen molar-refractivity contribution in [2.24, 2.45) is 0 Å².